The predicted molar refractivity (Wildman–Crippen MR) is 220 cm³/mol. The first-order chi connectivity index (χ1) is 27.1. The summed E-state index contributed by atoms with van der Waals surface area (Å²) in [5.74, 6) is 17.1. The third kappa shape index (κ3) is 10.5. The van der Waals surface area contributed by atoms with Gasteiger partial charge in [-0.1, -0.05) is 65.6 Å². The van der Waals surface area contributed by atoms with Crippen molar-refractivity contribution >= 4 is 0 Å². The molecule has 0 saturated heterocycles. The predicted octanol–water partition coefficient (Wildman–Crippen LogP) is 12.1. The summed E-state index contributed by atoms with van der Waals surface area (Å²) in [6, 6.07) is 27.9. The van der Waals surface area contributed by atoms with Crippen molar-refractivity contribution in [2.45, 2.75) is 55.4 Å². The van der Waals surface area contributed by atoms with Gasteiger partial charge in [-0.3, -0.25) is 0 Å². The SMILES string of the molecule is Cc1cc(C)c(C#Cc2ccc(C#Cc3c(F)c(F)c(C)c(F)c3F)cc2)cc1C.Cc1ccc(C#Cc2ccc(C#Cc3cc(C)c(C)cc3C)cc2)c(F)c1. The van der Waals surface area contributed by atoms with Crippen LogP contribution in [0.1, 0.15) is 89.0 Å². The van der Waals surface area contributed by atoms with Crippen LogP contribution in [0.4, 0.5) is 22.0 Å². The largest absolute Gasteiger partial charge is 0.206 e. The van der Waals surface area contributed by atoms with Gasteiger partial charge in [0, 0.05) is 38.9 Å². The lowest BCUT2D eigenvalue weighted by molar-refractivity contribution is 0.442. The molecule has 0 N–H and O–H groups in total. The molecule has 0 aliphatic rings. The third-order valence-corrected chi connectivity index (χ3v) is 9.42. The summed E-state index contributed by atoms with van der Waals surface area (Å²) in [5.41, 5.74) is 11.8. The minimum atomic E-state index is -1.50. The van der Waals surface area contributed by atoms with Gasteiger partial charge >= 0.3 is 0 Å². The van der Waals surface area contributed by atoms with E-state index >= 15 is 0 Å². The summed E-state index contributed by atoms with van der Waals surface area (Å²) in [6.07, 6.45) is 0. The Kier molecular flexibility index (Phi) is 13.2. The second-order valence-electron chi connectivity index (χ2n) is 13.9. The van der Waals surface area contributed by atoms with E-state index in [-0.39, 0.29) is 5.82 Å². The highest BCUT2D eigenvalue weighted by atomic mass is 19.2. The Morgan fingerprint density at radius 1 is 0.316 bits per heavy atom. The summed E-state index contributed by atoms with van der Waals surface area (Å²) in [7, 11) is 0. The van der Waals surface area contributed by atoms with E-state index < -0.39 is 34.4 Å². The fourth-order valence-electron chi connectivity index (χ4n) is 5.59. The number of hydrogen-bond donors (Lipinski definition) is 0. The Balaban J connectivity index is 0.000000219. The van der Waals surface area contributed by atoms with Crippen molar-refractivity contribution in [1.82, 2.24) is 0 Å². The fraction of sp³-hybridized carbons (Fsp3) is 0.154. The first-order valence-electron chi connectivity index (χ1n) is 18.1. The van der Waals surface area contributed by atoms with Crippen molar-refractivity contribution in [2.24, 2.45) is 0 Å². The van der Waals surface area contributed by atoms with Crippen LogP contribution in [-0.4, -0.2) is 0 Å². The van der Waals surface area contributed by atoms with Gasteiger partial charge in [0.2, 0.25) is 0 Å². The quantitative estimate of drug-likeness (QED) is 0.0822. The van der Waals surface area contributed by atoms with Crippen LogP contribution in [0.3, 0.4) is 0 Å². The topological polar surface area (TPSA) is 0 Å². The fourth-order valence-corrected chi connectivity index (χ4v) is 5.59. The third-order valence-electron chi connectivity index (χ3n) is 9.42. The van der Waals surface area contributed by atoms with Crippen LogP contribution in [0.2, 0.25) is 0 Å². The molecule has 0 radical (unpaired) electrons. The summed E-state index contributed by atoms with van der Waals surface area (Å²) in [4.78, 5) is 0. The lowest BCUT2D eigenvalue weighted by Gasteiger charge is -2.04. The number of benzene rings is 6. The molecule has 57 heavy (non-hydrogen) atoms. The summed E-state index contributed by atoms with van der Waals surface area (Å²) >= 11 is 0. The first kappa shape index (κ1) is 41.4. The van der Waals surface area contributed by atoms with E-state index in [0.29, 0.717) is 11.1 Å². The van der Waals surface area contributed by atoms with E-state index in [9.17, 15) is 22.0 Å². The molecule has 0 bridgehead atoms. The Morgan fingerprint density at radius 2 is 0.667 bits per heavy atom. The maximum Gasteiger partial charge on any atom is 0.177 e. The number of halogens is 5. The average molecular weight is 759 g/mol. The lowest BCUT2D eigenvalue weighted by Crippen LogP contribution is -2.03. The monoisotopic (exact) mass is 758 g/mol. The van der Waals surface area contributed by atoms with E-state index in [4.69, 9.17) is 0 Å². The molecule has 0 aliphatic heterocycles. The van der Waals surface area contributed by atoms with Gasteiger partial charge in [-0.05, 0) is 167 Å². The molecule has 0 unspecified atom stereocenters. The Labute approximate surface area is 332 Å². The van der Waals surface area contributed by atoms with Crippen molar-refractivity contribution in [3.8, 4) is 47.4 Å². The van der Waals surface area contributed by atoms with Crippen molar-refractivity contribution in [1.29, 1.82) is 0 Å². The summed E-state index contributed by atoms with van der Waals surface area (Å²) in [6.45, 7) is 15.2. The van der Waals surface area contributed by atoms with Gasteiger partial charge in [0.25, 0.3) is 0 Å². The van der Waals surface area contributed by atoms with E-state index in [2.05, 4.69) is 93.3 Å². The number of hydrogen-bond acceptors (Lipinski definition) is 0. The van der Waals surface area contributed by atoms with Gasteiger partial charge in [0.15, 0.2) is 23.3 Å². The first-order valence-corrected chi connectivity index (χ1v) is 18.1. The Hall–Kier alpha value is -6.79. The van der Waals surface area contributed by atoms with Crippen LogP contribution in [-0.2, 0) is 0 Å². The smallest absolute Gasteiger partial charge is 0.177 e. The van der Waals surface area contributed by atoms with Gasteiger partial charge in [-0.15, -0.1) is 0 Å². The normalized spacial score (nSPS) is 9.98. The van der Waals surface area contributed by atoms with Crippen molar-refractivity contribution in [3.63, 3.8) is 0 Å². The molecule has 6 rings (SSSR count). The van der Waals surface area contributed by atoms with Crippen molar-refractivity contribution in [3.05, 3.63) is 209 Å². The second-order valence-corrected chi connectivity index (χ2v) is 13.9. The molecule has 282 valence electrons. The van der Waals surface area contributed by atoms with E-state index in [1.165, 1.54) is 33.9 Å². The Bertz CT molecular complexity index is 2730. The number of aryl methyl sites for hydroxylation is 7. The van der Waals surface area contributed by atoms with Crippen LogP contribution >= 0.6 is 0 Å². The molecule has 0 amide bonds. The van der Waals surface area contributed by atoms with Crippen LogP contribution in [0, 0.1) is 132 Å². The molecule has 0 fully saturated rings. The second kappa shape index (κ2) is 18.2. The average Bonchev–Trinajstić information content (AvgIpc) is 3.19. The van der Waals surface area contributed by atoms with E-state index in [1.807, 2.05) is 57.2 Å². The number of rotatable bonds is 0. The van der Waals surface area contributed by atoms with Crippen LogP contribution in [0.25, 0.3) is 0 Å². The van der Waals surface area contributed by atoms with Crippen LogP contribution in [0.5, 0.6) is 0 Å². The molecule has 0 atom stereocenters. The van der Waals surface area contributed by atoms with Gasteiger partial charge in [0.1, 0.15) is 11.4 Å². The van der Waals surface area contributed by atoms with E-state index in [1.54, 1.807) is 30.3 Å². The lowest BCUT2D eigenvalue weighted by atomic mass is 10.0. The molecular weight excluding hydrogens is 720 g/mol. The van der Waals surface area contributed by atoms with Crippen LogP contribution in [0.15, 0.2) is 91.0 Å². The molecule has 6 aromatic carbocycles. The highest BCUT2D eigenvalue weighted by Crippen LogP contribution is 2.23. The maximum absolute atomic E-state index is 13.9. The zero-order chi connectivity index (χ0) is 41.4. The van der Waals surface area contributed by atoms with Gasteiger partial charge in [-0.2, -0.15) is 0 Å². The van der Waals surface area contributed by atoms with E-state index in [0.717, 1.165) is 45.9 Å². The molecular formula is C52H39F5. The highest BCUT2D eigenvalue weighted by Gasteiger charge is 2.21. The van der Waals surface area contributed by atoms with Crippen molar-refractivity contribution in [2.75, 3.05) is 0 Å². The standard InChI is InChI=1S/C26H18F4.C26H21F/c1-15-13-17(3)21(14-16(15)2)11-9-19-5-7-20(8-6-19)10-12-22-25(29)23(27)18(4)24(28)26(22)30;1-18-5-12-24(26(27)15-18)13-10-22-6-8-23(9-7-22)11-14-25-17-20(3)19(2)16-21(25)4/h5-8,13-14H,1-4H3;5-9,12,15-17H,1-4H3. The molecule has 0 saturated carbocycles. The van der Waals surface area contributed by atoms with Gasteiger partial charge in [0.05, 0.1) is 5.56 Å². The van der Waals surface area contributed by atoms with Gasteiger partial charge < -0.3 is 0 Å². The minimum Gasteiger partial charge on any atom is -0.206 e. The maximum atomic E-state index is 13.9. The zero-order valence-corrected chi connectivity index (χ0v) is 33.1. The minimum absolute atomic E-state index is 0.284. The Morgan fingerprint density at radius 3 is 1.05 bits per heavy atom. The molecule has 0 heterocycles. The molecule has 5 heteroatoms. The molecule has 0 aliphatic carbocycles. The van der Waals surface area contributed by atoms with Gasteiger partial charge in [-0.25, -0.2) is 22.0 Å². The molecule has 0 aromatic heterocycles. The summed E-state index contributed by atoms with van der Waals surface area (Å²) in [5, 5.41) is 0. The van der Waals surface area contributed by atoms with Crippen molar-refractivity contribution < 1.29 is 22.0 Å². The molecule has 0 nitrogen and oxygen atoms in total. The molecule has 0 spiro atoms. The zero-order valence-electron chi connectivity index (χ0n) is 33.1. The molecule has 6 aromatic rings. The highest BCUT2D eigenvalue weighted by molar-refractivity contribution is 5.53. The van der Waals surface area contributed by atoms with Crippen LogP contribution < -0.4 is 0 Å². The summed E-state index contributed by atoms with van der Waals surface area (Å²) < 4.78 is 69.0.